The zero-order valence-electron chi connectivity index (χ0n) is 13.5. The second kappa shape index (κ2) is 6.58. The first-order valence-electron chi connectivity index (χ1n) is 7.68. The lowest BCUT2D eigenvalue weighted by Gasteiger charge is -2.08. The first kappa shape index (κ1) is 15.8. The van der Waals surface area contributed by atoms with E-state index in [0.717, 1.165) is 16.6 Å². The molecule has 0 atom stereocenters. The summed E-state index contributed by atoms with van der Waals surface area (Å²) in [7, 11) is 0. The molecule has 5 nitrogen and oxygen atoms in total. The monoisotopic (exact) mass is 319 g/mol. The van der Waals surface area contributed by atoms with Crippen LogP contribution in [0.4, 0.5) is 0 Å². The number of aromatic nitrogens is 3. The Bertz CT molecular complexity index is 933. The van der Waals surface area contributed by atoms with Crippen molar-refractivity contribution in [1.29, 1.82) is 0 Å². The predicted molar refractivity (Wildman–Crippen MR) is 93.8 cm³/mol. The molecule has 0 aliphatic carbocycles. The molecule has 0 aliphatic heterocycles. The molecule has 0 bridgehead atoms. The summed E-state index contributed by atoms with van der Waals surface area (Å²) >= 11 is 0. The van der Waals surface area contributed by atoms with Gasteiger partial charge in [-0.15, -0.1) is 0 Å². The number of nitrogens with zero attached hydrogens (tertiary/aromatic N) is 3. The van der Waals surface area contributed by atoms with Gasteiger partial charge in [0.1, 0.15) is 0 Å². The number of fused-ring (bicyclic) bond motifs is 1. The van der Waals surface area contributed by atoms with Gasteiger partial charge in [0.2, 0.25) is 0 Å². The number of hydrogen-bond donors (Lipinski definition) is 1. The Balaban J connectivity index is 1.93. The molecule has 0 saturated carbocycles. The number of rotatable bonds is 4. The van der Waals surface area contributed by atoms with Crippen molar-refractivity contribution in [3.63, 3.8) is 0 Å². The lowest BCUT2D eigenvalue weighted by Crippen LogP contribution is -2.08. The van der Waals surface area contributed by atoms with Crippen molar-refractivity contribution in [1.82, 2.24) is 15.0 Å². The lowest BCUT2D eigenvalue weighted by molar-refractivity contribution is 0.0694. The number of aromatic carboxylic acids is 1. The van der Waals surface area contributed by atoms with Gasteiger partial charge in [0.15, 0.2) is 5.82 Å². The van der Waals surface area contributed by atoms with Crippen molar-refractivity contribution in [2.75, 3.05) is 0 Å². The third-order valence-corrected chi connectivity index (χ3v) is 3.64. The van der Waals surface area contributed by atoms with Crippen molar-refractivity contribution >= 4 is 29.0 Å². The van der Waals surface area contributed by atoms with Crippen LogP contribution in [0.3, 0.4) is 0 Å². The number of hydrogen-bond acceptors (Lipinski definition) is 4. The molecule has 3 rings (SSSR count). The Morgan fingerprint density at radius 2 is 1.88 bits per heavy atom. The maximum absolute atomic E-state index is 11.2. The third-order valence-electron chi connectivity index (χ3n) is 3.64. The Morgan fingerprint density at radius 1 is 1.08 bits per heavy atom. The minimum Gasteiger partial charge on any atom is -0.478 e. The molecule has 0 saturated heterocycles. The summed E-state index contributed by atoms with van der Waals surface area (Å²) in [5.41, 5.74) is 2.39. The molecule has 0 radical (unpaired) electrons. The van der Waals surface area contributed by atoms with Crippen LogP contribution in [0.1, 0.15) is 47.3 Å². The molecule has 120 valence electrons. The summed E-state index contributed by atoms with van der Waals surface area (Å²) in [6, 6.07) is 11.8. The van der Waals surface area contributed by atoms with Gasteiger partial charge in [-0.1, -0.05) is 38.1 Å². The van der Waals surface area contributed by atoms with Crippen LogP contribution < -0.4 is 0 Å². The summed E-state index contributed by atoms with van der Waals surface area (Å²) in [6.45, 7) is 3.82. The van der Waals surface area contributed by atoms with E-state index in [1.807, 2.05) is 56.3 Å². The van der Waals surface area contributed by atoms with Gasteiger partial charge in [0, 0.05) is 11.6 Å². The molecule has 2 aromatic heterocycles. The molecular formula is C19H17N3O2. The molecule has 1 N–H and O–H groups in total. The molecule has 0 amide bonds. The molecule has 0 spiro atoms. The largest absolute Gasteiger partial charge is 0.478 e. The van der Waals surface area contributed by atoms with Gasteiger partial charge in [-0.25, -0.2) is 19.7 Å². The lowest BCUT2D eigenvalue weighted by atomic mass is 10.1. The number of carbonyl (C=O) groups is 1. The van der Waals surface area contributed by atoms with Crippen LogP contribution in [0.5, 0.6) is 0 Å². The number of carboxylic acid groups (broad SMARTS) is 1. The summed E-state index contributed by atoms with van der Waals surface area (Å²) < 4.78 is 0. The van der Waals surface area contributed by atoms with E-state index in [1.54, 1.807) is 6.08 Å². The van der Waals surface area contributed by atoms with Gasteiger partial charge < -0.3 is 5.11 Å². The highest BCUT2D eigenvalue weighted by Crippen LogP contribution is 2.18. The van der Waals surface area contributed by atoms with Crippen molar-refractivity contribution in [3.05, 3.63) is 65.4 Å². The fourth-order valence-corrected chi connectivity index (χ4v) is 2.43. The molecule has 1 aromatic carbocycles. The second-order valence-corrected chi connectivity index (χ2v) is 5.75. The zero-order chi connectivity index (χ0) is 17.1. The van der Waals surface area contributed by atoms with E-state index < -0.39 is 5.97 Å². The molecule has 5 heteroatoms. The molecular weight excluding hydrogens is 302 g/mol. The summed E-state index contributed by atoms with van der Waals surface area (Å²) in [4.78, 5) is 24.3. The average molecular weight is 319 g/mol. The van der Waals surface area contributed by atoms with Crippen molar-refractivity contribution in [3.8, 4) is 0 Å². The minimum atomic E-state index is -1.01. The molecule has 3 aromatic rings. The third kappa shape index (κ3) is 3.30. The topological polar surface area (TPSA) is 76.0 Å². The highest BCUT2D eigenvalue weighted by molar-refractivity contribution is 5.88. The zero-order valence-corrected chi connectivity index (χ0v) is 13.5. The first-order valence-corrected chi connectivity index (χ1v) is 7.68. The standard InChI is InChI=1S/C19H17N3O2/c1-12(2)18-15(19(23)24)11-20-17(22-18)10-9-14-8-7-13-5-3-4-6-16(13)21-14/h3-12H,1-2H3,(H,23,24)/b10-9+. The molecule has 24 heavy (non-hydrogen) atoms. The Hall–Kier alpha value is -3.08. The van der Waals surface area contributed by atoms with E-state index >= 15 is 0 Å². The van der Waals surface area contributed by atoms with Crippen LogP contribution in [0.25, 0.3) is 23.1 Å². The van der Waals surface area contributed by atoms with Crippen LogP contribution in [-0.2, 0) is 0 Å². The van der Waals surface area contributed by atoms with Gasteiger partial charge in [0.25, 0.3) is 0 Å². The molecule has 2 heterocycles. The Labute approximate surface area is 139 Å². The molecule has 0 fully saturated rings. The van der Waals surface area contributed by atoms with E-state index in [4.69, 9.17) is 0 Å². The SMILES string of the molecule is CC(C)c1nc(/C=C/c2ccc3ccccc3n2)ncc1C(=O)O. The maximum atomic E-state index is 11.2. The normalized spacial score (nSPS) is 11.5. The number of pyridine rings is 1. The predicted octanol–water partition coefficient (Wildman–Crippen LogP) is 4.02. The fraction of sp³-hybridized carbons (Fsp3) is 0.158. The molecule has 0 unspecified atom stereocenters. The van der Waals surface area contributed by atoms with Crippen LogP contribution in [0.2, 0.25) is 0 Å². The number of carboxylic acids is 1. The highest BCUT2D eigenvalue weighted by atomic mass is 16.4. The van der Waals surface area contributed by atoms with Gasteiger partial charge in [0.05, 0.1) is 22.5 Å². The number of benzene rings is 1. The smallest absolute Gasteiger partial charge is 0.339 e. The Kier molecular flexibility index (Phi) is 4.33. The van der Waals surface area contributed by atoms with Crippen molar-refractivity contribution in [2.24, 2.45) is 0 Å². The van der Waals surface area contributed by atoms with E-state index in [2.05, 4.69) is 15.0 Å². The summed E-state index contributed by atoms with van der Waals surface area (Å²) in [6.07, 6.45) is 4.93. The van der Waals surface area contributed by atoms with Crippen LogP contribution >= 0.6 is 0 Å². The first-order chi connectivity index (χ1) is 11.5. The van der Waals surface area contributed by atoms with Crippen molar-refractivity contribution in [2.45, 2.75) is 19.8 Å². The van der Waals surface area contributed by atoms with Gasteiger partial charge >= 0.3 is 5.97 Å². The van der Waals surface area contributed by atoms with Crippen LogP contribution in [0.15, 0.2) is 42.6 Å². The summed E-state index contributed by atoms with van der Waals surface area (Å²) in [5, 5.41) is 10.3. The van der Waals surface area contributed by atoms with Gasteiger partial charge in [-0.3, -0.25) is 0 Å². The maximum Gasteiger partial charge on any atom is 0.339 e. The average Bonchev–Trinajstić information content (AvgIpc) is 2.59. The van der Waals surface area contributed by atoms with Crippen LogP contribution in [0, 0.1) is 0 Å². The molecule has 0 aliphatic rings. The van der Waals surface area contributed by atoms with Gasteiger partial charge in [-0.05, 0) is 30.2 Å². The van der Waals surface area contributed by atoms with E-state index in [-0.39, 0.29) is 11.5 Å². The second-order valence-electron chi connectivity index (χ2n) is 5.75. The van der Waals surface area contributed by atoms with Crippen LogP contribution in [-0.4, -0.2) is 26.0 Å². The minimum absolute atomic E-state index is 0.00467. The van der Waals surface area contributed by atoms with Gasteiger partial charge in [-0.2, -0.15) is 0 Å². The summed E-state index contributed by atoms with van der Waals surface area (Å²) in [5.74, 6) is -0.533. The van der Waals surface area contributed by atoms with E-state index in [9.17, 15) is 9.90 Å². The quantitative estimate of drug-likeness (QED) is 0.786. The van der Waals surface area contributed by atoms with E-state index in [0.29, 0.717) is 11.5 Å². The Morgan fingerprint density at radius 3 is 2.62 bits per heavy atom. The van der Waals surface area contributed by atoms with E-state index in [1.165, 1.54) is 6.20 Å². The highest BCUT2D eigenvalue weighted by Gasteiger charge is 2.15. The number of para-hydroxylation sites is 1. The van der Waals surface area contributed by atoms with Crippen molar-refractivity contribution < 1.29 is 9.90 Å². The fourth-order valence-electron chi connectivity index (χ4n) is 2.43.